The van der Waals surface area contributed by atoms with E-state index in [-0.39, 0.29) is 52.1 Å². The van der Waals surface area contributed by atoms with Crippen molar-refractivity contribution in [1.29, 1.82) is 0 Å². The molecule has 0 amide bonds. The molecule has 1 unspecified atom stereocenters. The van der Waals surface area contributed by atoms with E-state index < -0.39 is 8.32 Å². The minimum Gasteiger partial charge on any atom is -1.00 e. The third kappa shape index (κ3) is 8.09. The van der Waals surface area contributed by atoms with Crippen molar-refractivity contribution in [3.05, 3.63) is 23.8 Å². The van der Waals surface area contributed by atoms with E-state index >= 15 is 0 Å². The Labute approximate surface area is 147 Å². The average molecular weight is 356 g/mol. The standard InChI is InChI=1S/C14H25OSi.2ClH.Ti/c1-7-13(12-10-8-9-11-12)16(5,6)15-14(2,3)4;;;/h8,10,13H,7,9H2,1-6H3;2*1H;/q-1;;;+3/p-2. The summed E-state index contributed by atoms with van der Waals surface area (Å²) in [4.78, 5) is 0. The second-order valence-electron chi connectivity index (χ2n) is 6.02. The topological polar surface area (TPSA) is 9.23 Å². The van der Waals surface area contributed by atoms with Crippen LogP contribution in [0, 0.1) is 6.08 Å². The van der Waals surface area contributed by atoms with Crippen LogP contribution in [-0.2, 0) is 26.1 Å². The van der Waals surface area contributed by atoms with Crippen LogP contribution < -0.4 is 24.8 Å². The van der Waals surface area contributed by atoms with Crippen molar-refractivity contribution in [3.8, 4) is 0 Å². The smallest absolute Gasteiger partial charge is 1.00 e. The van der Waals surface area contributed by atoms with Crippen molar-refractivity contribution in [3.63, 3.8) is 0 Å². The molecule has 1 aliphatic carbocycles. The van der Waals surface area contributed by atoms with Gasteiger partial charge in [0, 0.05) is 5.60 Å². The fourth-order valence-electron chi connectivity index (χ4n) is 2.61. The number of hydrogen-bond donors (Lipinski definition) is 0. The van der Waals surface area contributed by atoms with Gasteiger partial charge in [-0.05, 0) is 39.4 Å². The predicted molar refractivity (Wildman–Crippen MR) is 72.9 cm³/mol. The van der Waals surface area contributed by atoms with Gasteiger partial charge in [0.2, 0.25) is 0 Å². The quantitative estimate of drug-likeness (QED) is 0.439. The predicted octanol–water partition coefficient (Wildman–Crippen LogP) is -1.52. The zero-order chi connectivity index (χ0) is 12.4. The van der Waals surface area contributed by atoms with Gasteiger partial charge in [-0.25, -0.2) is 11.6 Å². The van der Waals surface area contributed by atoms with Crippen LogP contribution in [0.4, 0.5) is 0 Å². The fourth-order valence-corrected chi connectivity index (χ4v) is 6.26. The molecule has 1 aliphatic rings. The van der Waals surface area contributed by atoms with E-state index in [2.05, 4.69) is 59.0 Å². The van der Waals surface area contributed by atoms with Crippen LogP contribution in [0.15, 0.2) is 17.7 Å². The van der Waals surface area contributed by atoms with Crippen LogP contribution in [-0.4, -0.2) is 13.9 Å². The Morgan fingerprint density at radius 2 is 1.84 bits per heavy atom. The van der Waals surface area contributed by atoms with Gasteiger partial charge in [-0.2, -0.15) is 6.08 Å². The SMILES string of the molecule is CCC(C1=[C-]CC=C1)[Si](C)(C)OC(C)(C)C.[Cl-].[Cl-].[Ti+3]. The molecule has 0 aromatic heterocycles. The molecule has 0 aliphatic heterocycles. The van der Waals surface area contributed by atoms with E-state index in [1.165, 1.54) is 5.57 Å². The van der Waals surface area contributed by atoms with Gasteiger partial charge in [-0.15, -0.1) is 6.42 Å². The van der Waals surface area contributed by atoms with Gasteiger partial charge in [0.25, 0.3) is 0 Å². The van der Waals surface area contributed by atoms with Crippen LogP contribution in [0.3, 0.4) is 0 Å². The molecule has 1 radical (unpaired) electrons. The molecule has 109 valence electrons. The van der Waals surface area contributed by atoms with E-state index in [1.807, 2.05) is 0 Å². The Balaban J connectivity index is -0.000000853. The Morgan fingerprint density at radius 3 is 2.16 bits per heavy atom. The second kappa shape index (κ2) is 9.81. The van der Waals surface area contributed by atoms with Crippen molar-refractivity contribution in [2.24, 2.45) is 0 Å². The summed E-state index contributed by atoms with van der Waals surface area (Å²) in [5.41, 5.74) is 1.92. The fraction of sp³-hybridized carbons (Fsp3) is 0.714. The van der Waals surface area contributed by atoms with Crippen LogP contribution >= 0.6 is 0 Å². The van der Waals surface area contributed by atoms with Gasteiger partial charge < -0.3 is 29.2 Å². The Bertz CT molecular complexity index is 309. The average Bonchev–Trinajstić information content (AvgIpc) is 2.52. The molecule has 0 spiro atoms. The third-order valence-electron chi connectivity index (χ3n) is 2.91. The molecular formula is C14H25Cl2OSiTi. The summed E-state index contributed by atoms with van der Waals surface area (Å²) in [5.74, 6) is 0. The summed E-state index contributed by atoms with van der Waals surface area (Å²) in [6, 6.07) is 0. The minimum absolute atomic E-state index is 0. The number of allylic oxidation sites excluding steroid dienone is 4. The van der Waals surface area contributed by atoms with E-state index in [1.54, 1.807) is 0 Å². The largest absolute Gasteiger partial charge is 3.00 e. The van der Waals surface area contributed by atoms with Crippen molar-refractivity contribution in [2.45, 2.75) is 64.8 Å². The molecule has 0 fully saturated rings. The van der Waals surface area contributed by atoms with Crippen molar-refractivity contribution < 1.29 is 51.0 Å². The summed E-state index contributed by atoms with van der Waals surface area (Å²) in [6.07, 6.45) is 10.0. The van der Waals surface area contributed by atoms with Gasteiger partial charge in [0.05, 0.1) is 0 Å². The summed E-state index contributed by atoms with van der Waals surface area (Å²) < 4.78 is 6.33. The number of rotatable bonds is 4. The van der Waals surface area contributed by atoms with Crippen molar-refractivity contribution in [2.75, 3.05) is 0 Å². The molecule has 0 heterocycles. The van der Waals surface area contributed by atoms with Crippen LogP contribution in [0.1, 0.15) is 40.5 Å². The molecule has 19 heavy (non-hydrogen) atoms. The van der Waals surface area contributed by atoms with E-state index in [0.29, 0.717) is 5.54 Å². The molecule has 0 aromatic carbocycles. The van der Waals surface area contributed by atoms with Crippen molar-refractivity contribution >= 4 is 8.32 Å². The number of halogens is 2. The summed E-state index contributed by atoms with van der Waals surface area (Å²) in [5, 5.41) is 0. The zero-order valence-corrected chi connectivity index (χ0v) is 16.9. The van der Waals surface area contributed by atoms with Crippen LogP contribution in [0.5, 0.6) is 0 Å². The molecule has 0 saturated heterocycles. The van der Waals surface area contributed by atoms with E-state index in [4.69, 9.17) is 4.43 Å². The molecule has 0 bridgehead atoms. The normalized spacial score (nSPS) is 15.8. The molecule has 0 N–H and O–H groups in total. The van der Waals surface area contributed by atoms with Gasteiger partial charge in [0.1, 0.15) is 0 Å². The second-order valence-corrected chi connectivity index (χ2v) is 10.1. The summed E-state index contributed by atoms with van der Waals surface area (Å²) in [6.45, 7) is 13.4. The Hall–Kier alpha value is 0.951. The monoisotopic (exact) mass is 355 g/mol. The first-order chi connectivity index (χ1) is 7.26. The molecule has 1 rings (SSSR count). The first-order valence-corrected chi connectivity index (χ1v) is 9.22. The van der Waals surface area contributed by atoms with Crippen LogP contribution in [0.2, 0.25) is 18.6 Å². The molecule has 1 nitrogen and oxygen atoms in total. The van der Waals surface area contributed by atoms with Crippen LogP contribution in [0.25, 0.3) is 0 Å². The molecular weight excluding hydrogens is 331 g/mol. The van der Waals surface area contributed by atoms with E-state index in [0.717, 1.165) is 12.8 Å². The van der Waals surface area contributed by atoms with E-state index in [9.17, 15) is 0 Å². The zero-order valence-electron chi connectivity index (χ0n) is 12.8. The summed E-state index contributed by atoms with van der Waals surface area (Å²) >= 11 is 0. The maximum Gasteiger partial charge on any atom is 3.00 e. The number of hydrogen-bond acceptors (Lipinski definition) is 1. The maximum atomic E-state index is 6.33. The van der Waals surface area contributed by atoms with Gasteiger partial charge >= 0.3 is 21.7 Å². The van der Waals surface area contributed by atoms with Crippen molar-refractivity contribution in [1.82, 2.24) is 0 Å². The molecule has 0 aromatic rings. The summed E-state index contributed by atoms with van der Waals surface area (Å²) in [7, 11) is -1.68. The first-order valence-electron chi connectivity index (χ1n) is 6.23. The third-order valence-corrected chi connectivity index (χ3v) is 6.45. The van der Waals surface area contributed by atoms with Gasteiger partial charge in [-0.1, -0.05) is 13.3 Å². The molecule has 0 saturated carbocycles. The Kier molecular flexibility index (Phi) is 12.9. The maximum absolute atomic E-state index is 6.33. The van der Waals surface area contributed by atoms with Gasteiger partial charge in [0.15, 0.2) is 8.32 Å². The first kappa shape index (κ1) is 24.9. The molecule has 5 heteroatoms. The Morgan fingerprint density at radius 1 is 1.32 bits per heavy atom. The minimum atomic E-state index is -1.68. The molecule has 1 atom stereocenters. The van der Waals surface area contributed by atoms with Gasteiger partial charge in [-0.3, -0.25) is 6.08 Å².